The van der Waals surface area contributed by atoms with E-state index in [1.165, 1.54) is 20.8 Å². The summed E-state index contributed by atoms with van der Waals surface area (Å²) in [6, 6.07) is 0. The minimum atomic E-state index is -1.28. The number of carbonyl (C=O) groups is 6. The smallest absolute Gasteiger partial charge is 0.548 e. The van der Waals surface area contributed by atoms with Gasteiger partial charge >= 0.3 is 40.4 Å². The van der Waals surface area contributed by atoms with Crippen molar-refractivity contribution in [1.82, 2.24) is 16.0 Å². The van der Waals surface area contributed by atoms with Gasteiger partial charge in [-0.15, -0.1) is 0 Å². The zero-order chi connectivity index (χ0) is 19.7. The molecule has 0 aromatic heterocycles. The number of aliphatic carboxylic acids is 3. The predicted octanol–water partition coefficient (Wildman–Crippen LogP) is -9.15. The second-order valence-electron chi connectivity index (χ2n) is 3.85. The summed E-state index contributed by atoms with van der Waals surface area (Å²) in [5, 5.41) is 34.9. The van der Waals surface area contributed by atoms with Crippen LogP contribution in [0, 0.1) is 40.4 Å². The predicted molar refractivity (Wildman–Crippen MR) is 85.7 cm³/mol. The van der Waals surface area contributed by atoms with E-state index in [0.29, 0.717) is 0 Å². The van der Waals surface area contributed by atoms with Gasteiger partial charge in [0.05, 0.1) is 37.5 Å². The molecule has 0 spiro atoms. The van der Waals surface area contributed by atoms with Crippen LogP contribution in [-0.4, -0.2) is 55.3 Å². The van der Waals surface area contributed by atoms with Gasteiger partial charge in [0.15, 0.2) is 0 Å². The van der Waals surface area contributed by atoms with Crippen LogP contribution in [0.4, 0.5) is 0 Å². The molecular weight excluding hydrogens is 529 g/mol. The van der Waals surface area contributed by atoms with E-state index in [-0.39, 0.29) is 74.5 Å². The molecule has 0 bridgehead atoms. The van der Waals surface area contributed by atoms with Crippen LogP contribution in [0.2, 0.25) is 0 Å². The van der Waals surface area contributed by atoms with Gasteiger partial charge in [0.1, 0.15) is 0 Å². The molecule has 1 radical (unpaired) electrons. The molecule has 0 saturated heterocycles. The molecule has 16 heteroatoms. The molecule has 0 unspecified atom stereocenters. The number of hydrogen-bond donors (Lipinski definition) is 3. The van der Waals surface area contributed by atoms with Crippen molar-refractivity contribution in [3.8, 4) is 0 Å². The van der Waals surface area contributed by atoms with Crippen molar-refractivity contribution in [2.75, 3.05) is 19.6 Å². The van der Waals surface area contributed by atoms with Crippen molar-refractivity contribution >= 4 is 35.6 Å². The molecule has 0 saturated carbocycles. The topological polar surface area (TPSA) is 307 Å². The van der Waals surface area contributed by atoms with E-state index in [1.807, 2.05) is 16.0 Å². The standard InChI is InChI=1S/3C4H7NO3.3H2O.Sm/c3*1-3(6)5-2-4(7)8;;;;/h3*2H2,1H3,(H,5,6)(H,7,8);3*1H2;/q;;;;;;+3. The SMILES string of the molecule is CC(=O)NCC(=O)[O-].CC(=O)NCC(=O)[O-].CC(=O)NCC(=O)[O-].[OH3+].[OH3+].[OH3+].[Sm+3]. The summed E-state index contributed by atoms with van der Waals surface area (Å²) in [4.78, 5) is 58.6. The van der Waals surface area contributed by atoms with Gasteiger partial charge in [-0.25, -0.2) is 0 Å². The first kappa shape index (κ1) is 45.0. The van der Waals surface area contributed by atoms with Crippen LogP contribution in [0.3, 0.4) is 0 Å². The molecular formula is C12H27N3O12Sm+3. The van der Waals surface area contributed by atoms with E-state index < -0.39 is 37.5 Å². The van der Waals surface area contributed by atoms with Gasteiger partial charge in [-0.05, 0) is 0 Å². The number of nitrogens with one attached hydrogen (secondary N) is 3. The number of rotatable bonds is 6. The minimum Gasteiger partial charge on any atom is -0.548 e. The fourth-order valence-electron chi connectivity index (χ4n) is 0.590. The van der Waals surface area contributed by atoms with Gasteiger partial charge < -0.3 is 62.1 Å². The van der Waals surface area contributed by atoms with Crippen molar-refractivity contribution in [2.45, 2.75) is 20.8 Å². The average Bonchev–Trinajstić information content (AvgIpc) is 2.42. The van der Waals surface area contributed by atoms with Crippen molar-refractivity contribution in [3.05, 3.63) is 0 Å². The molecule has 0 aliphatic heterocycles. The van der Waals surface area contributed by atoms with Crippen LogP contribution >= 0.6 is 0 Å². The Bertz CT molecular complexity index is 364. The fraction of sp³-hybridized carbons (Fsp3) is 0.500. The zero-order valence-electron chi connectivity index (χ0n) is 15.4. The summed E-state index contributed by atoms with van der Waals surface area (Å²) < 4.78 is 0. The molecule has 0 aliphatic rings. The summed E-state index contributed by atoms with van der Waals surface area (Å²) in [7, 11) is 0. The molecule has 12 N–H and O–H groups in total. The van der Waals surface area contributed by atoms with E-state index in [0.717, 1.165) is 0 Å². The third kappa shape index (κ3) is 75.1. The van der Waals surface area contributed by atoms with Gasteiger partial charge in [-0.2, -0.15) is 0 Å². The quantitative estimate of drug-likeness (QED) is 0.261. The van der Waals surface area contributed by atoms with Crippen LogP contribution < -0.4 is 31.3 Å². The molecule has 0 aliphatic carbocycles. The largest absolute Gasteiger partial charge is 3.00 e. The number of carboxylic acid groups (broad SMARTS) is 3. The number of carbonyl (C=O) groups excluding carboxylic acids is 6. The number of amides is 3. The normalized spacial score (nSPS) is 6.96. The summed E-state index contributed by atoms with van der Waals surface area (Å²) in [5.74, 6) is -4.93. The second kappa shape index (κ2) is 29.8. The molecule has 0 fully saturated rings. The third-order valence-electron chi connectivity index (χ3n) is 1.45. The first-order valence-corrected chi connectivity index (χ1v) is 6.21. The Morgan fingerprint density at radius 2 is 0.679 bits per heavy atom. The van der Waals surface area contributed by atoms with Crippen molar-refractivity contribution in [2.24, 2.45) is 0 Å². The Morgan fingerprint density at radius 3 is 0.714 bits per heavy atom. The maximum Gasteiger partial charge on any atom is 3.00 e. The van der Waals surface area contributed by atoms with Crippen molar-refractivity contribution in [1.29, 1.82) is 0 Å². The average molecular weight is 556 g/mol. The fourth-order valence-corrected chi connectivity index (χ4v) is 0.590. The van der Waals surface area contributed by atoms with Crippen LogP contribution in [0.1, 0.15) is 20.8 Å². The molecule has 0 aromatic rings. The van der Waals surface area contributed by atoms with E-state index >= 15 is 0 Å². The summed E-state index contributed by atoms with van der Waals surface area (Å²) >= 11 is 0. The van der Waals surface area contributed by atoms with Gasteiger partial charge in [0.2, 0.25) is 17.7 Å². The molecule has 3 amide bonds. The van der Waals surface area contributed by atoms with E-state index in [4.69, 9.17) is 0 Å². The van der Waals surface area contributed by atoms with Crippen molar-refractivity contribution < 1.29 is 101 Å². The molecule has 165 valence electrons. The van der Waals surface area contributed by atoms with Gasteiger partial charge in [0.25, 0.3) is 0 Å². The summed E-state index contributed by atoms with van der Waals surface area (Å²) in [6.07, 6.45) is 0. The molecule has 0 atom stereocenters. The number of carboxylic acids is 3. The Kier molecular flexibility index (Phi) is 47.9. The summed E-state index contributed by atoms with van der Waals surface area (Å²) in [5.41, 5.74) is 0. The molecule has 28 heavy (non-hydrogen) atoms. The van der Waals surface area contributed by atoms with Crippen LogP contribution in [0.15, 0.2) is 0 Å². The minimum absolute atomic E-state index is 0. The second-order valence-corrected chi connectivity index (χ2v) is 3.85. The Hall–Kier alpha value is -1.96. The Labute approximate surface area is 192 Å². The summed E-state index contributed by atoms with van der Waals surface area (Å²) in [6.45, 7) is 2.49. The van der Waals surface area contributed by atoms with E-state index in [1.54, 1.807) is 0 Å². The molecule has 0 aromatic carbocycles. The van der Waals surface area contributed by atoms with Crippen LogP contribution in [-0.2, 0) is 45.2 Å². The maximum atomic E-state index is 9.95. The van der Waals surface area contributed by atoms with E-state index in [9.17, 15) is 44.1 Å². The van der Waals surface area contributed by atoms with Gasteiger partial charge in [0, 0.05) is 20.8 Å². The Balaban J connectivity index is -0.0000000441. The van der Waals surface area contributed by atoms with Gasteiger partial charge in [-0.1, -0.05) is 0 Å². The molecule has 15 nitrogen and oxygen atoms in total. The van der Waals surface area contributed by atoms with Crippen molar-refractivity contribution in [3.63, 3.8) is 0 Å². The maximum absolute atomic E-state index is 9.95. The number of hydrogen-bond acceptors (Lipinski definition) is 9. The monoisotopic (exact) mass is 557 g/mol. The van der Waals surface area contributed by atoms with Gasteiger partial charge in [-0.3, -0.25) is 14.4 Å². The first-order valence-electron chi connectivity index (χ1n) is 6.21. The molecule has 0 rings (SSSR count). The Morgan fingerprint density at radius 1 is 0.536 bits per heavy atom. The zero-order valence-corrected chi connectivity index (χ0v) is 18.1. The third-order valence-corrected chi connectivity index (χ3v) is 1.45. The van der Waals surface area contributed by atoms with Crippen LogP contribution in [0.5, 0.6) is 0 Å². The van der Waals surface area contributed by atoms with Crippen LogP contribution in [0.25, 0.3) is 0 Å². The molecule has 0 heterocycles. The van der Waals surface area contributed by atoms with E-state index in [2.05, 4.69) is 0 Å². The first-order chi connectivity index (χ1) is 10.9.